The number of rotatable bonds is 4. The minimum atomic E-state index is -3.18. The van der Waals surface area contributed by atoms with E-state index in [0.717, 1.165) is 6.26 Å². The lowest BCUT2D eigenvalue weighted by Crippen LogP contribution is -2.52. The van der Waals surface area contributed by atoms with Gasteiger partial charge in [-0.05, 0) is 20.8 Å². The molecule has 1 aromatic rings. The zero-order chi connectivity index (χ0) is 16.5. The summed E-state index contributed by atoms with van der Waals surface area (Å²) < 4.78 is 32.6. The van der Waals surface area contributed by atoms with Crippen molar-refractivity contribution in [3.05, 3.63) is 11.7 Å². The molecule has 0 radical (unpaired) electrons. The third-order valence-electron chi connectivity index (χ3n) is 2.97. The van der Waals surface area contributed by atoms with Crippen LogP contribution >= 0.6 is 0 Å². The summed E-state index contributed by atoms with van der Waals surface area (Å²) in [6.07, 6.45) is 1.32. The molecule has 1 aliphatic rings. The average molecular weight is 331 g/mol. The van der Waals surface area contributed by atoms with E-state index in [4.69, 9.17) is 9.26 Å². The van der Waals surface area contributed by atoms with Gasteiger partial charge in [0.15, 0.2) is 15.7 Å². The zero-order valence-electron chi connectivity index (χ0n) is 13.2. The van der Waals surface area contributed by atoms with Gasteiger partial charge in [-0.3, -0.25) is 0 Å². The van der Waals surface area contributed by atoms with Gasteiger partial charge in [-0.25, -0.2) is 13.2 Å². The molecule has 1 amide bonds. The fourth-order valence-corrected chi connectivity index (χ4v) is 2.67. The maximum Gasteiger partial charge on any atom is 0.410 e. The molecule has 0 saturated carbocycles. The molecule has 1 aliphatic heterocycles. The summed E-state index contributed by atoms with van der Waals surface area (Å²) in [5.74, 6) is 0.554. The lowest BCUT2D eigenvalue weighted by atomic mass is 9.97. The molecule has 2 heterocycles. The van der Waals surface area contributed by atoms with Crippen molar-refractivity contribution in [3.63, 3.8) is 0 Å². The van der Waals surface area contributed by atoms with Crippen molar-refractivity contribution in [2.45, 2.75) is 38.5 Å². The van der Waals surface area contributed by atoms with Gasteiger partial charge < -0.3 is 14.2 Å². The van der Waals surface area contributed by atoms with Gasteiger partial charge in [-0.15, -0.1) is 0 Å². The van der Waals surface area contributed by atoms with Crippen molar-refractivity contribution in [1.82, 2.24) is 15.0 Å². The van der Waals surface area contributed by atoms with Crippen molar-refractivity contribution in [2.24, 2.45) is 5.92 Å². The van der Waals surface area contributed by atoms with E-state index >= 15 is 0 Å². The van der Waals surface area contributed by atoms with Gasteiger partial charge in [-0.2, -0.15) is 4.98 Å². The third kappa shape index (κ3) is 4.97. The Balaban J connectivity index is 1.80. The number of carbonyl (C=O) groups excluding carboxylic acids is 1. The zero-order valence-corrected chi connectivity index (χ0v) is 14.0. The van der Waals surface area contributed by atoms with Crippen molar-refractivity contribution < 1.29 is 22.5 Å². The highest BCUT2D eigenvalue weighted by atomic mass is 32.2. The molecule has 22 heavy (non-hydrogen) atoms. The van der Waals surface area contributed by atoms with Crippen LogP contribution in [0.2, 0.25) is 0 Å². The SMILES string of the molecule is CC(C)(C)OC(=O)N1CC(Cc2nc(CS(C)(=O)=O)no2)C1. The molecule has 124 valence electrons. The van der Waals surface area contributed by atoms with Crippen LogP contribution in [0.4, 0.5) is 4.79 Å². The van der Waals surface area contributed by atoms with E-state index in [1.807, 2.05) is 20.8 Å². The van der Waals surface area contributed by atoms with E-state index in [9.17, 15) is 13.2 Å². The Hall–Kier alpha value is -1.64. The smallest absolute Gasteiger partial charge is 0.410 e. The second kappa shape index (κ2) is 5.86. The Kier molecular flexibility index (Phi) is 4.46. The normalized spacial score (nSPS) is 16.5. The Morgan fingerprint density at radius 1 is 1.41 bits per heavy atom. The van der Waals surface area contributed by atoms with Gasteiger partial charge in [0.25, 0.3) is 0 Å². The molecule has 0 spiro atoms. The Labute approximate surface area is 129 Å². The predicted octanol–water partition coefficient (Wildman–Crippen LogP) is 1.02. The van der Waals surface area contributed by atoms with Crippen LogP contribution in [0.1, 0.15) is 32.5 Å². The fourth-order valence-electron chi connectivity index (χ4n) is 2.09. The molecule has 9 heteroatoms. The number of hydrogen-bond acceptors (Lipinski definition) is 7. The van der Waals surface area contributed by atoms with Crippen molar-refractivity contribution >= 4 is 15.9 Å². The summed E-state index contributed by atoms with van der Waals surface area (Å²) in [7, 11) is -3.18. The van der Waals surface area contributed by atoms with Gasteiger partial charge in [0.2, 0.25) is 5.89 Å². The molecular formula is C13H21N3O5S. The van der Waals surface area contributed by atoms with Crippen LogP contribution in [0.15, 0.2) is 4.52 Å². The van der Waals surface area contributed by atoms with Crippen LogP contribution in [0.5, 0.6) is 0 Å². The molecule has 1 aromatic heterocycles. The van der Waals surface area contributed by atoms with Crippen LogP contribution in [0, 0.1) is 5.92 Å². The van der Waals surface area contributed by atoms with Crippen LogP contribution in [-0.4, -0.2) is 54.5 Å². The van der Waals surface area contributed by atoms with E-state index in [-0.39, 0.29) is 23.6 Å². The molecule has 0 bridgehead atoms. The number of likely N-dealkylation sites (tertiary alicyclic amines) is 1. The molecular weight excluding hydrogens is 310 g/mol. The predicted molar refractivity (Wildman–Crippen MR) is 77.8 cm³/mol. The molecule has 0 aromatic carbocycles. The summed E-state index contributed by atoms with van der Waals surface area (Å²) >= 11 is 0. The maximum absolute atomic E-state index is 11.8. The van der Waals surface area contributed by atoms with Crippen LogP contribution in [-0.2, 0) is 26.7 Å². The first kappa shape index (κ1) is 16.7. The van der Waals surface area contributed by atoms with E-state index in [1.165, 1.54) is 0 Å². The van der Waals surface area contributed by atoms with Gasteiger partial charge in [-0.1, -0.05) is 5.16 Å². The number of amides is 1. The van der Waals surface area contributed by atoms with Crippen LogP contribution < -0.4 is 0 Å². The minimum absolute atomic E-state index is 0.167. The third-order valence-corrected chi connectivity index (χ3v) is 3.76. The summed E-state index contributed by atoms with van der Waals surface area (Å²) in [4.78, 5) is 17.5. The number of nitrogens with zero attached hydrogens (tertiary/aromatic N) is 3. The molecule has 0 unspecified atom stereocenters. The number of hydrogen-bond donors (Lipinski definition) is 0. The van der Waals surface area contributed by atoms with E-state index < -0.39 is 15.4 Å². The second-order valence-corrected chi connectivity index (χ2v) is 8.77. The first-order chi connectivity index (χ1) is 10.0. The minimum Gasteiger partial charge on any atom is -0.444 e. The lowest BCUT2D eigenvalue weighted by Gasteiger charge is -2.39. The first-order valence-corrected chi connectivity index (χ1v) is 9.05. The Morgan fingerprint density at radius 3 is 2.59 bits per heavy atom. The molecule has 1 fully saturated rings. The van der Waals surface area contributed by atoms with Gasteiger partial charge >= 0.3 is 6.09 Å². The highest BCUT2D eigenvalue weighted by molar-refractivity contribution is 7.89. The summed E-state index contributed by atoms with van der Waals surface area (Å²) in [6.45, 7) is 6.61. The Bertz CT molecular complexity index is 641. The number of carbonyl (C=O) groups is 1. The standard InChI is InChI=1S/C13H21N3O5S/c1-13(2,3)20-12(17)16-6-9(7-16)5-11-14-10(15-21-11)8-22(4,18)19/h9H,5-8H2,1-4H3. The maximum atomic E-state index is 11.8. The van der Waals surface area contributed by atoms with Crippen molar-refractivity contribution in [2.75, 3.05) is 19.3 Å². The molecule has 0 aliphatic carbocycles. The number of aromatic nitrogens is 2. The molecule has 1 saturated heterocycles. The highest BCUT2D eigenvalue weighted by Gasteiger charge is 2.34. The topological polar surface area (TPSA) is 103 Å². The van der Waals surface area contributed by atoms with Crippen LogP contribution in [0.25, 0.3) is 0 Å². The number of sulfone groups is 1. The summed E-state index contributed by atoms with van der Waals surface area (Å²) in [5.41, 5.74) is -0.505. The van der Waals surface area contributed by atoms with E-state index in [1.54, 1.807) is 4.90 Å². The monoisotopic (exact) mass is 331 g/mol. The van der Waals surface area contributed by atoms with Gasteiger partial charge in [0.1, 0.15) is 11.4 Å². The van der Waals surface area contributed by atoms with Crippen molar-refractivity contribution in [1.29, 1.82) is 0 Å². The average Bonchev–Trinajstić information content (AvgIpc) is 2.64. The summed E-state index contributed by atoms with van der Waals surface area (Å²) in [5, 5.41) is 3.65. The molecule has 0 atom stereocenters. The van der Waals surface area contributed by atoms with E-state index in [0.29, 0.717) is 25.4 Å². The highest BCUT2D eigenvalue weighted by Crippen LogP contribution is 2.22. The molecule has 2 rings (SSSR count). The summed E-state index contributed by atoms with van der Waals surface area (Å²) in [6, 6.07) is 0. The Morgan fingerprint density at radius 2 is 2.05 bits per heavy atom. The van der Waals surface area contributed by atoms with Gasteiger partial charge in [0, 0.05) is 31.7 Å². The lowest BCUT2D eigenvalue weighted by molar-refractivity contribution is -0.00187. The molecule has 0 N–H and O–H groups in total. The first-order valence-electron chi connectivity index (χ1n) is 6.99. The van der Waals surface area contributed by atoms with Gasteiger partial charge in [0.05, 0.1) is 0 Å². The van der Waals surface area contributed by atoms with Crippen molar-refractivity contribution in [3.8, 4) is 0 Å². The quantitative estimate of drug-likeness (QED) is 0.811. The van der Waals surface area contributed by atoms with E-state index in [2.05, 4.69) is 10.1 Å². The second-order valence-electron chi connectivity index (χ2n) is 6.63. The largest absolute Gasteiger partial charge is 0.444 e. The number of ether oxygens (including phenoxy) is 1. The fraction of sp³-hybridized carbons (Fsp3) is 0.769. The van der Waals surface area contributed by atoms with Crippen LogP contribution in [0.3, 0.4) is 0 Å². The molecule has 8 nitrogen and oxygen atoms in total.